The summed E-state index contributed by atoms with van der Waals surface area (Å²) < 4.78 is 27.4. The predicted octanol–water partition coefficient (Wildman–Crippen LogP) is 0.720. The largest absolute Gasteiger partial charge is 0.279 e. The molecule has 86 valence electrons. The second kappa shape index (κ2) is 6.11. The fraction of sp³-hybridized carbons (Fsp3) is 0.800. The molecule has 1 saturated heterocycles. The topological polar surface area (TPSA) is 49.4 Å². The van der Waals surface area contributed by atoms with Crippen molar-refractivity contribution in [1.29, 1.82) is 0 Å². The van der Waals surface area contributed by atoms with Crippen LogP contribution in [0.4, 0.5) is 0 Å². The van der Waals surface area contributed by atoms with E-state index >= 15 is 0 Å². The van der Waals surface area contributed by atoms with E-state index in [2.05, 4.69) is 10.6 Å². The van der Waals surface area contributed by atoms with Crippen LogP contribution in [0.5, 0.6) is 0 Å². The molecule has 0 aromatic carbocycles. The second-order valence-electron chi connectivity index (χ2n) is 3.67. The monoisotopic (exact) mass is 230 g/mol. The van der Waals surface area contributed by atoms with Crippen molar-refractivity contribution in [3.8, 4) is 12.3 Å². The smallest absolute Gasteiger partial charge is 0.202 e. The predicted molar refractivity (Wildman–Crippen MR) is 60.4 cm³/mol. The van der Waals surface area contributed by atoms with Gasteiger partial charge in [0.2, 0.25) is 0 Å². The van der Waals surface area contributed by atoms with E-state index in [0.29, 0.717) is 26.1 Å². The lowest BCUT2D eigenvalue weighted by molar-refractivity contribution is 0.463. The van der Waals surface area contributed by atoms with E-state index in [4.69, 9.17) is 6.42 Å². The summed E-state index contributed by atoms with van der Waals surface area (Å²) >= 11 is 0. The zero-order valence-corrected chi connectivity index (χ0v) is 9.72. The van der Waals surface area contributed by atoms with Crippen molar-refractivity contribution in [1.82, 2.24) is 9.03 Å². The molecule has 0 aromatic rings. The van der Waals surface area contributed by atoms with Crippen molar-refractivity contribution in [3.63, 3.8) is 0 Å². The molecule has 4 nitrogen and oxygen atoms in total. The first-order chi connectivity index (χ1) is 7.17. The van der Waals surface area contributed by atoms with Crippen LogP contribution in [0.1, 0.15) is 32.1 Å². The number of nitrogens with one attached hydrogen (secondary N) is 1. The van der Waals surface area contributed by atoms with Gasteiger partial charge < -0.3 is 0 Å². The number of nitrogens with zero attached hydrogens (tertiary/aromatic N) is 1. The van der Waals surface area contributed by atoms with Gasteiger partial charge in [0.25, 0.3) is 10.2 Å². The molecular weight excluding hydrogens is 212 g/mol. The van der Waals surface area contributed by atoms with E-state index in [-0.39, 0.29) is 0 Å². The van der Waals surface area contributed by atoms with Gasteiger partial charge in [-0.3, -0.25) is 0 Å². The lowest BCUT2D eigenvalue weighted by Crippen LogP contribution is -2.39. The third kappa shape index (κ3) is 4.20. The summed E-state index contributed by atoms with van der Waals surface area (Å²) in [5, 5.41) is 0. The molecule has 0 atom stereocenters. The van der Waals surface area contributed by atoms with Gasteiger partial charge in [0.05, 0.1) is 0 Å². The number of hydrogen-bond acceptors (Lipinski definition) is 2. The van der Waals surface area contributed by atoms with Crippen LogP contribution < -0.4 is 4.72 Å². The highest BCUT2D eigenvalue weighted by molar-refractivity contribution is 7.87. The average Bonchev–Trinajstić information content (AvgIpc) is 2.70. The maximum atomic E-state index is 11.6. The SMILES string of the molecule is C#CCCCCNS(=O)(=O)N1CCCC1. The van der Waals surface area contributed by atoms with E-state index in [9.17, 15) is 8.42 Å². The molecule has 0 radical (unpaired) electrons. The fourth-order valence-electron chi connectivity index (χ4n) is 1.57. The first-order valence-corrected chi connectivity index (χ1v) is 6.79. The van der Waals surface area contributed by atoms with Gasteiger partial charge in [-0.15, -0.1) is 12.3 Å². The Morgan fingerprint density at radius 3 is 2.53 bits per heavy atom. The maximum Gasteiger partial charge on any atom is 0.279 e. The summed E-state index contributed by atoms with van der Waals surface area (Å²) in [4.78, 5) is 0. The highest BCUT2D eigenvalue weighted by atomic mass is 32.2. The number of rotatable bonds is 6. The van der Waals surface area contributed by atoms with Crippen molar-refractivity contribution in [2.24, 2.45) is 0 Å². The maximum absolute atomic E-state index is 11.6. The third-order valence-electron chi connectivity index (χ3n) is 2.44. The molecule has 1 rings (SSSR count). The molecule has 5 heteroatoms. The third-order valence-corrected chi connectivity index (χ3v) is 4.05. The molecule has 1 aliphatic heterocycles. The van der Waals surface area contributed by atoms with Crippen molar-refractivity contribution < 1.29 is 8.42 Å². The Hall–Kier alpha value is -0.570. The molecule has 0 saturated carbocycles. The van der Waals surface area contributed by atoms with E-state index in [1.165, 1.54) is 4.31 Å². The molecule has 1 heterocycles. The Labute approximate surface area is 92.2 Å². The second-order valence-corrected chi connectivity index (χ2v) is 5.42. The normalized spacial score (nSPS) is 17.8. The van der Waals surface area contributed by atoms with Gasteiger partial charge in [0, 0.05) is 26.1 Å². The minimum Gasteiger partial charge on any atom is -0.202 e. The minimum absolute atomic E-state index is 0.487. The number of hydrogen-bond donors (Lipinski definition) is 1. The van der Waals surface area contributed by atoms with Crippen LogP contribution in [0.15, 0.2) is 0 Å². The van der Waals surface area contributed by atoms with E-state index in [1.807, 2.05) is 0 Å². The quantitative estimate of drug-likeness (QED) is 0.540. The van der Waals surface area contributed by atoms with E-state index < -0.39 is 10.2 Å². The summed E-state index contributed by atoms with van der Waals surface area (Å²) in [5.74, 6) is 2.53. The van der Waals surface area contributed by atoms with Gasteiger partial charge >= 0.3 is 0 Å². The fourth-order valence-corrected chi connectivity index (χ4v) is 2.90. The van der Waals surface area contributed by atoms with Crippen LogP contribution in [-0.4, -0.2) is 32.4 Å². The van der Waals surface area contributed by atoms with Gasteiger partial charge in [-0.2, -0.15) is 12.7 Å². The van der Waals surface area contributed by atoms with Gasteiger partial charge in [0.15, 0.2) is 0 Å². The molecule has 0 spiro atoms. The molecule has 0 bridgehead atoms. The Balaban J connectivity index is 2.22. The summed E-state index contributed by atoms with van der Waals surface area (Å²) in [5.41, 5.74) is 0. The number of unbranched alkanes of at least 4 members (excludes halogenated alkanes) is 2. The minimum atomic E-state index is -3.22. The van der Waals surface area contributed by atoms with Crippen molar-refractivity contribution in [3.05, 3.63) is 0 Å². The molecular formula is C10H18N2O2S. The first-order valence-electron chi connectivity index (χ1n) is 5.35. The average molecular weight is 230 g/mol. The van der Waals surface area contributed by atoms with Gasteiger partial charge in [0.1, 0.15) is 0 Å². The summed E-state index contributed by atoms with van der Waals surface area (Å²) in [6.07, 6.45) is 9.43. The van der Waals surface area contributed by atoms with Crippen molar-refractivity contribution in [2.75, 3.05) is 19.6 Å². The number of terminal acetylenes is 1. The van der Waals surface area contributed by atoms with Crippen LogP contribution in [0.3, 0.4) is 0 Å². The van der Waals surface area contributed by atoms with Gasteiger partial charge in [-0.25, -0.2) is 4.72 Å². The highest BCUT2D eigenvalue weighted by Crippen LogP contribution is 2.11. The van der Waals surface area contributed by atoms with E-state index in [1.54, 1.807) is 0 Å². The van der Waals surface area contributed by atoms with Crippen LogP contribution in [0, 0.1) is 12.3 Å². The van der Waals surface area contributed by atoms with Crippen LogP contribution in [0.25, 0.3) is 0 Å². The molecule has 1 N–H and O–H groups in total. The molecule has 1 fully saturated rings. The summed E-state index contributed by atoms with van der Waals surface area (Å²) in [6, 6.07) is 0. The van der Waals surface area contributed by atoms with E-state index in [0.717, 1.165) is 25.7 Å². The zero-order chi connectivity index (χ0) is 11.1. The van der Waals surface area contributed by atoms with Crippen LogP contribution >= 0.6 is 0 Å². The highest BCUT2D eigenvalue weighted by Gasteiger charge is 2.24. The van der Waals surface area contributed by atoms with Crippen molar-refractivity contribution in [2.45, 2.75) is 32.1 Å². The Kier molecular flexibility index (Phi) is 5.09. The Bertz CT molecular complexity index is 313. The van der Waals surface area contributed by atoms with Crippen LogP contribution in [-0.2, 0) is 10.2 Å². The lowest BCUT2D eigenvalue weighted by Gasteiger charge is -2.15. The molecule has 0 amide bonds. The molecule has 0 unspecified atom stereocenters. The van der Waals surface area contributed by atoms with Gasteiger partial charge in [-0.1, -0.05) is 0 Å². The summed E-state index contributed by atoms with van der Waals surface area (Å²) in [7, 11) is -3.22. The summed E-state index contributed by atoms with van der Waals surface area (Å²) in [6.45, 7) is 1.79. The molecule has 1 aliphatic rings. The standard InChI is InChI=1S/C10H18N2O2S/c1-2-3-4-5-8-11-15(13,14)12-9-6-7-10-12/h1,11H,3-10H2. The van der Waals surface area contributed by atoms with Crippen LogP contribution in [0.2, 0.25) is 0 Å². The lowest BCUT2D eigenvalue weighted by atomic mass is 10.2. The molecule has 15 heavy (non-hydrogen) atoms. The Morgan fingerprint density at radius 2 is 1.93 bits per heavy atom. The molecule has 0 aromatic heterocycles. The first kappa shape index (κ1) is 12.5. The van der Waals surface area contributed by atoms with Gasteiger partial charge in [-0.05, 0) is 25.7 Å². The van der Waals surface area contributed by atoms with Crippen molar-refractivity contribution >= 4 is 10.2 Å². The Morgan fingerprint density at radius 1 is 1.27 bits per heavy atom. The molecule has 0 aliphatic carbocycles. The zero-order valence-electron chi connectivity index (χ0n) is 8.91.